The van der Waals surface area contributed by atoms with Gasteiger partial charge >= 0.3 is 5.97 Å². The van der Waals surface area contributed by atoms with Crippen molar-refractivity contribution in [1.82, 2.24) is 10.1 Å². The van der Waals surface area contributed by atoms with Crippen LogP contribution in [-0.4, -0.2) is 59.4 Å². The van der Waals surface area contributed by atoms with E-state index in [0.29, 0.717) is 24.7 Å². The number of aryl methyl sites for hydroxylation is 1. The number of rotatable bonds is 6. The first-order valence-electron chi connectivity index (χ1n) is 6.79. The van der Waals surface area contributed by atoms with Crippen molar-refractivity contribution in [2.45, 2.75) is 19.9 Å². The van der Waals surface area contributed by atoms with Gasteiger partial charge in [-0.1, -0.05) is 12.1 Å². The summed E-state index contributed by atoms with van der Waals surface area (Å²) in [5.41, 5.74) is 0. The molecule has 1 aliphatic rings. The molecule has 2 heterocycles. The molecule has 116 valence electrons. The molecule has 1 amide bonds. The molecular weight excluding hydrogens is 278 g/mol. The highest BCUT2D eigenvalue weighted by Crippen LogP contribution is 2.20. The maximum Gasteiger partial charge on any atom is 0.310 e. The minimum atomic E-state index is -0.900. The monoisotopic (exact) mass is 297 g/mol. The number of hydrogen-bond donors (Lipinski definition) is 2. The minimum absolute atomic E-state index is 0.0835. The van der Waals surface area contributed by atoms with Crippen molar-refractivity contribution in [3.63, 3.8) is 0 Å². The second-order valence-electron chi connectivity index (χ2n) is 4.98. The van der Waals surface area contributed by atoms with Gasteiger partial charge in [0.2, 0.25) is 5.91 Å². The molecule has 21 heavy (non-hydrogen) atoms. The predicted molar refractivity (Wildman–Crippen MR) is 72.8 cm³/mol. The largest absolute Gasteiger partial charge is 0.481 e. The van der Waals surface area contributed by atoms with Gasteiger partial charge in [-0.2, -0.15) is 0 Å². The topological polar surface area (TPSA) is 105 Å². The van der Waals surface area contributed by atoms with E-state index in [0.717, 1.165) is 0 Å². The zero-order chi connectivity index (χ0) is 15.4. The molecule has 2 unspecified atom stereocenters. The quantitative estimate of drug-likeness (QED) is 0.780. The number of carboxylic acids is 1. The summed E-state index contributed by atoms with van der Waals surface area (Å²) in [5, 5.41) is 15.5. The lowest BCUT2D eigenvalue weighted by molar-refractivity contribution is -0.143. The molecule has 0 bridgehead atoms. The second kappa shape index (κ2) is 6.68. The third-order valence-electron chi connectivity index (χ3n) is 3.49. The summed E-state index contributed by atoms with van der Waals surface area (Å²) in [4.78, 5) is 25.0. The van der Waals surface area contributed by atoms with Crippen molar-refractivity contribution in [2.24, 2.45) is 5.92 Å². The van der Waals surface area contributed by atoms with Gasteiger partial charge in [0.15, 0.2) is 5.82 Å². The Kier molecular flexibility index (Phi) is 4.92. The van der Waals surface area contributed by atoms with Crippen LogP contribution in [0.5, 0.6) is 0 Å². The molecule has 1 aliphatic heterocycles. The molecule has 1 aromatic rings. The maximum atomic E-state index is 12.0. The number of aliphatic carboxylic acids is 1. The molecule has 0 radical (unpaired) electrons. The number of aromatic nitrogens is 1. The third kappa shape index (κ3) is 3.79. The molecule has 1 saturated heterocycles. The van der Waals surface area contributed by atoms with Crippen LogP contribution < -0.4 is 5.32 Å². The third-order valence-corrected chi connectivity index (χ3v) is 3.49. The fourth-order valence-electron chi connectivity index (χ4n) is 2.39. The van der Waals surface area contributed by atoms with E-state index in [2.05, 4.69) is 10.5 Å². The molecule has 0 spiro atoms. The summed E-state index contributed by atoms with van der Waals surface area (Å²) in [5.74, 6) is -0.810. The van der Waals surface area contributed by atoms with Gasteiger partial charge in [0, 0.05) is 12.1 Å². The van der Waals surface area contributed by atoms with Gasteiger partial charge in [-0.3, -0.25) is 14.5 Å². The van der Waals surface area contributed by atoms with Crippen LogP contribution in [0.15, 0.2) is 10.6 Å². The lowest BCUT2D eigenvalue weighted by Crippen LogP contribution is -2.46. The smallest absolute Gasteiger partial charge is 0.310 e. The van der Waals surface area contributed by atoms with Crippen LogP contribution in [0.25, 0.3) is 0 Å². The Hall–Kier alpha value is -1.93. The number of nitrogens with one attached hydrogen (secondary N) is 1. The molecule has 2 rings (SSSR count). The van der Waals surface area contributed by atoms with Gasteiger partial charge in [0.25, 0.3) is 0 Å². The Balaban J connectivity index is 1.95. The number of nitrogens with zero attached hydrogens (tertiary/aromatic N) is 2. The number of anilines is 1. The Morgan fingerprint density at radius 2 is 2.29 bits per heavy atom. The summed E-state index contributed by atoms with van der Waals surface area (Å²) in [7, 11) is 0. The fraction of sp³-hybridized carbons (Fsp3) is 0.615. The van der Waals surface area contributed by atoms with E-state index in [1.165, 1.54) is 0 Å². The number of carboxylic acid groups (broad SMARTS) is 1. The van der Waals surface area contributed by atoms with Gasteiger partial charge in [-0.15, -0.1) is 0 Å². The summed E-state index contributed by atoms with van der Waals surface area (Å²) >= 11 is 0. The zero-order valence-electron chi connectivity index (χ0n) is 12.0. The van der Waals surface area contributed by atoms with Gasteiger partial charge in [-0.05, 0) is 13.5 Å². The van der Waals surface area contributed by atoms with Crippen LogP contribution in [0.3, 0.4) is 0 Å². The van der Waals surface area contributed by atoms with E-state index in [1.54, 1.807) is 17.9 Å². The molecule has 1 aromatic heterocycles. The average Bonchev–Trinajstić information content (AvgIpc) is 3.05. The fourth-order valence-corrected chi connectivity index (χ4v) is 2.39. The van der Waals surface area contributed by atoms with Crippen molar-refractivity contribution >= 4 is 17.7 Å². The molecule has 0 saturated carbocycles. The van der Waals surface area contributed by atoms with Crippen LogP contribution in [0.1, 0.15) is 12.7 Å². The number of ether oxygens (including phenoxy) is 1. The van der Waals surface area contributed by atoms with Gasteiger partial charge < -0.3 is 19.7 Å². The van der Waals surface area contributed by atoms with E-state index in [1.807, 2.05) is 6.92 Å². The first kappa shape index (κ1) is 15.5. The predicted octanol–water partition coefficient (Wildman–Crippen LogP) is 0.343. The Morgan fingerprint density at radius 1 is 1.52 bits per heavy atom. The average molecular weight is 297 g/mol. The van der Waals surface area contributed by atoms with Crippen molar-refractivity contribution in [3.8, 4) is 0 Å². The highest BCUT2D eigenvalue weighted by molar-refractivity contribution is 5.91. The first-order valence-corrected chi connectivity index (χ1v) is 6.79. The molecule has 0 aliphatic carbocycles. The van der Waals surface area contributed by atoms with E-state index >= 15 is 0 Å². The summed E-state index contributed by atoms with van der Waals surface area (Å²) in [6, 6.07) is 1.32. The van der Waals surface area contributed by atoms with Gasteiger partial charge in [0.05, 0.1) is 25.7 Å². The zero-order valence-corrected chi connectivity index (χ0v) is 12.0. The van der Waals surface area contributed by atoms with Crippen LogP contribution in [0.4, 0.5) is 5.82 Å². The van der Waals surface area contributed by atoms with Crippen molar-refractivity contribution < 1.29 is 24.0 Å². The Bertz CT molecular complexity index is 516. The molecule has 8 nitrogen and oxygen atoms in total. The van der Waals surface area contributed by atoms with E-state index in [-0.39, 0.29) is 25.1 Å². The number of hydrogen-bond acceptors (Lipinski definition) is 6. The SMILES string of the molecule is CCN(CC(=O)Nc1cc(C)on1)C1COCC1C(=O)O. The number of amides is 1. The van der Waals surface area contributed by atoms with Gasteiger partial charge in [0.1, 0.15) is 5.76 Å². The van der Waals surface area contributed by atoms with Crippen molar-refractivity contribution in [2.75, 3.05) is 31.6 Å². The summed E-state index contributed by atoms with van der Waals surface area (Å²) in [6.07, 6.45) is 0. The van der Waals surface area contributed by atoms with E-state index in [9.17, 15) is 14.7 Å². The standard InChI is InChI=1S/C13H19N3O5/c1-3-16(10-7-20-6-9(10)13(18)19)5-12(17)14-11-4-8(2)21-15-11/h4,9-10H,3,5-7H2,1-2H3,(H,18,19)(H,14,15,17). The lowest BCUT2D eigenvalue weighted by atomic mass is 10.0. The minimum Gasteiger partial charge on any atom is -0.481 e. The van der Waals surface area contributed by atoms with Crippen LogP contribution in [0.2, 0.25) is 0 Å². The normalized spacial score (nSPS) is 21.7. The molecule has 1 fully saturated rings. The van der Waals surface area contributed by atoms with Crippen molar-refractivity contribution in [1.29, 1.82) is 0 Å². The Morgan fingerprint density at radius 3 is 2.86 bits per heavy atom. The summed E-state index contributed by atoms with van der Waals surface area (Å²) < 4.78 is 10.1. The highest BCUT2D eigenvalue weighted by atomic mass is 16.5. The Labute approximate surface area is 122 Å². The van der Waals surface area contributed by atoms with Gasteiger partial charge in [-0.25, -0.2) is 0 Å². The van der Waals surface area contributed by atoms with E-state index in [4.69, 9.17) is 9.26 Å². The molecule has 0 aromatic carbocycles. The lowest BCUT2D eigenvalue weighted by Gasteiger charge is -2.28. The first-order chi connectivity index (χ1) is 10.0. The van der Waals surface area contributed by atoms with Crippen LogP contribution in [-0.2, 0) is 14.3 Å². The molecular formula is C13H19N3O5. The molecule has 8 heteroatoms. The number of carbonyl (C=O) groups is 2. The van der Waals surface area contributed by atoms with Crippen LogP contribution >= 0.6 is 0 Å². The number of carbonyl (C=O) groups excluding carboxylic acids is 1. The summed E-state index contributed by atoms with van der Waals surface area (Å²) in [6.45, 7) is 4.75. The van der Waals surface area contributed by atoms with E-state index < -0.39 is 11.9 Å². The van der Waals surface area contributed by atoms with Crippen molar-refractivity contribution in [3.05, 3.63) is 11.8 Å². The molecule has 2 atom stereocenters. The molecule has 2 N–H and O–H groups in total. The maximum absolute atomic E-state index is 12.0. The highest BCUT2D eigenvalue weighted by Gasteiger charge is 2.38. The second-order valence-corrected chi connectivity index (χ2v) is 4.98. The number of likely N-dealkylation sites (N-methyl/N-ethyl adjacent to an activating group) is 1. The van der Waals surface area contributed by atoms with Crippen LogP contribution in [0, 0.1) is 12.8 Å².